The fraction of sp³-hybridized carbons (Fsp3) is 0.667. The Morgan fingerprint density at radius 2 is 1.86 bits per heavy atom. The van der Waals surface area contributed by atoms with Gasteiger partial charge in [-0.15, -0.1) is 0 Å². The molecule has 1 N–H and O–H groups in total. The molecule has 3 rings (SSSR count). The number of nitrogens with one attached hydrogen (secondary N) is 1. The van der Waals surface area contributed by atoms with E-state index in [0.717, 1.165) is 51.3 Å². The molecule has 7 nitrogen and oxygen atoms in total. The molecule has 2 aliphatic heterocycles. The maximum Gasteiger partial charge on any atom is 0.255 e. The summed E-state index contributed by atoms with van der Waals surface area (Å²) in [6.45, 7) is 7.91. The highest BCUT2D eigenvalue weighted by molar-refractivity contribution is 5.94. The molecule has 28 heavy (non-hydrogen) atoms. The highest BCUT2D eigenvalue weighted by atomic mass is 16.2. The van der Waals surface area contributed by atoms with Crippen LogP contribution in [0.4, 0.5) is 5.82 Å². The zero-order valence-corrected chi connectivity index (χ0v) is 17.6. The first-order chi connectivity index (χ1) is 13.3. The Hall–Kier alpha value is -2.15. The molecule has 0 saturated carbocycles. The third-order valence-electron chi connectivity index (χ3n) is 5.91. The monoisotopic (exact) mass is 387 g/mol. The van der Waals surface area contributed by atoms with Crippen LogP contribution in [0.15, 0.2) is 18.3 Å². The lowest BCUT2D eigenvalue weighted by Gasteiger charge is -2.39. The SMILES string of the molecule is CC(C)NC(=O)CN1CCC2(CC1)CCN(C(=O)c1ccc(N(C)C)nc1)C2. The fourth-order valence-corrected chi connectivity index (χ4v) is 4.23. The van der Waals surface area contributed by atoms with Crippen molar-refractivity contribution < 1.29 is 9.59 Å². The summed E-state index contributed by atoms with van der Waals surface area (Å²) in [6.07, 6.45) is 4.82. The van der Waals surface area contributed by atoms with E-state index in [1.54, 1.807) is 6.20 Å². The lowest BCUT2D eigenvalue weighted by Crippen LogP contribution is -2.46. The van der Waals surface area contributed by atoms with Crippen molar-refractivity contribution in [2.24, 2.45) is 5.41 Å². The number of nitrogens with zero attached hydrogens (tertiary/aromatic N) is 4. The molecular formula is C21H33N5O2. The third kappa shape index (κ3) is 4.82. The summed E-state index contributed by atoms with van der Waals surface area (Å²) < 4.78 is 0. The first-order valence-electron chi connectivity index (χ1n) is 10.2. The Morgan fingerprint density at radius 3 is 2.43 bits per heavy atom. The van der Waals surface area contributed by atoms with E-state index >= 15 is 0 Å². The van der Waals surface area contributed by atoms with Gasteiger partial charge >= 0.3 is 0 Å². The van der Waals surface area contributed by atoms with E-state index < -0.39 is 0 Å². The van der Waals surface area contributed by atoms with Gasteiger partial charge in [-0.05, 0) is 63.7 Å². The minimum Gasteiger partial charge on any atom is -0.363 e. The predicted molar refractivity (Wildman–Crippen MR) is 110 cm³/mol. The summed E-state index contributed by atoms with van der Waals surface area (Å²) in [5.41, 5.74) is 0.864. The predicted octanol–water partition coefficient (Wildman–Crippen LogP) is 1.60. The number of amides is 2. The van der Waals surface area contributed by atoms with E-state index in [-0.39, 0.29) is 23.3 Å². The highest BCUT2D eigenvalue weighted by Crippen LogP contribution is 2.40. The lowest BCUT2D eigenvalue weighted by atomic mass is 9.78. The molecule has 0 bridgehead atoms. The Labute approximate surface area is 168 Å². The van der Waals surface area contributed by atoms with Gasteiger partial charge < -0.3 is 15.1 Å². The van der Waals surface area contributed by atoms with Crippen molar-refractivity contribution in [3.8, 4) is 0 Å². The smallest absolute Gasteiger partial charge is 0.255 e. The molecule has 0 radical (unpaired) electrons. The molecule has 2 aliphatic rings. The molecule has 0 unspecified atom stereocenters. The van der Waals surface area contributed by atoms with Crippen LogP contribution in [0.1, 0.15) is 43.5 Å². The number of rotatable bonds is 5. The number of piperidine rings is 1. The van der Waals surface area contributed by atoms with Gasteiger partial charge in [0.2, 0.25) is 5.91 Å². The molecular weight excluding hydrogens is 354 g/mol. The van der Waals surface area contributed by atoms with Gasteiger partial charge in [-0.2, -0.15) is 0 Å². The van der Waals surface area contributed by atoms with Gasteiger partial charge in [-0.1, -0.05) is 0 Å². The van der Waals surface area contributed by atoms with Gasteiger partial charge in [0, 0.05) is 39.4 Å². The Bertz CT molecular complexity index is 693. The van der Waals surface area contributed by atoms with Gasteiger partial charge in [-0.25, -0.2) is 4.98 Å². The summed E-state index contributed by atoms with van der Waals surface area (Å²) in [6, 6.07) is 3.94. The number of likely N-dealkylation sites (tertiary alicyclic amines) is 2. The van der Waals surface area contributed by atoms with Crippen LogP contribution < -0.4 is 10.2 Å². The van der Waals surface area contributed by atoms with E-state index in [2.05, 4.69) is 15.2 Å². The van der Waals surface area contributed by atoms with Crippen LogP contribution in [0, 0.1) is 5.41 Å². The first kappa shape index (κ1) is 20.6. The van der Waals surface area contributed by atoms with E-state index in [9.17, 15) is 9.59 Å². The van der Waals surface area contributed by atoms with Gasteiger partial charge in [0.25, 0.3) is 5.91 Å². The number of hydrogen-bond donors (Lipinski definition) is 1. The molecule has 2 amide bonds. The summed E-state index contributed by atoms with van der Waals surface area (Å²) in [7, 11) is 3.87. The Balaban J connectivity index is 1.52. The maximum absolute atomic E-state index is 12.9. The average Bonchev–Trinajstić information content (AvgIpc) is 3.06. The van der Waals surface area contributed by atoms with Crippen molar-refractivity contribution in [1.29, 1.82) is 0 Å². The second-order valence-electron chi connectivity index (χ2n) is 8.77. The van der Waals surface area contributed by atoms with Crippen LogP contribution in [-0.2, 0) is 4.79 Å². The zero-order valence-electron chi connectivity index (χ0n) is 17.6. The summed E-state index contributed by atoms with van der Waals surface area (Å²) in [5, 5.41) is 2.96. The third-order valence-corrected chi connectivity index (χ3v) is 5.91. The van der Waals surface area contributed by atoms with Crippen molar-refractivity contribution >= 4 is 17.6 Å². The number of carbonyl (C=O) groups excluding carboxylic acids is 2. The second-order valence-corrected chi connectivity index (χ2v) is 8.77. The average molecular weight is 388 g/mol. The summed E-state index contributed by atoms with van der Waals surface area (Å²) >= 11 is 0. The van der Waals surface area contributed by atoms with Crippen LogP contribution in [0.3, 0.4) is 0 Å². The molecule has 1 spiro atoms. The minimum absolute atomic E-state index is 0.0772. The number of anilines is 1. The van der Waals surface area contributed by atoms with Crippen molar-refractivity contribution in [3.05, 3.63) is 23.9 Å². The molecule has 2 fully saturated rings. The minimum atomic E-state index is 0.0772. The van der Waals surface area contributed by atoms with Gasteiger partial charge in [-0.3, -0.25) is 14.5 Å². The van der Waals surface area contributed by atoms with Crippen molar-refractivity contribution in [2.75, 3.05) is 51.7 Å². The van der Waals surface area contributed by atoms with Crippen LogP contribution in [0.25, 0.3) is 0 Å². The molecule has 7 heteroatoms. The van der Waals surface area contributed by atoms with E-state index in [1.165, 1.54) is 0 Å². The van der Waals surface area contributed by atoms with E-state index in [1.807, 2.05) is 49.9 Å². The Morgan fingerprint density at radius 1 is 1.18 bits per heavy atom. The van der Waals surface area contributed by atoms with Crippen LogP contribution in [-0.4, -0.2) is 79.5 Å². The maximum atomic E-state index is 12.9. The molecule has 154 valence electrons. The molecule has 1 aromatic rings. The van der Waals surface area contributed by atoms with E-state index in [4.69, 9.17) is 0 Å². The number of pyridine rings is 1. The van der Waals surface area contributed by atoms with Crippen molar-refractivity contribution in [3.63, 3.8) is 0 Å². The lowest BCUT2D eigenvalue weighted by molar-refractivity contribution is -0.123. The highest BCUT2D eigenvalue weighted by Gasteiger charge is 2.42. The zero-order chi connectivity index (χ0) is 20.3. The largest absolute Gasteiger partial charge is 0.363 e. The normalized spacial score (nSPS) is 19.2. The quantitative estimate of drug-likeness (QED) is 0.831. The molecule has 2 saturated heterocycles. The second kappa shape index (κ2) is 8.47. The number of hydrogen-bond acceptors (Lipinski definition) is 5. The van der Waals surface area contributed by atoms with Crippen LogP contribution in [0.2, 0.25) is 0 Å². The van der Waals surface area contributed by atoms with Crippen molar-refractivity contribution in [1.82, 2.24) is 20.1 Å². The topological polar surface area (TPSA) is 68.8 Å². The molecule has 3 heterocycles. The summed E-state index contributed by atoms with van der Waals surface area (Å²) in [5.74, 6) is 1.03. The molecule has 0 atom stereocenters. The van der Waals surface area contributed by atoms with Gasteiger partial charge in [0.15, 0.2) is 0 Å². The molecule has 1 aromatic heterocycles. The Kier molecular flexibility index (Phi) is 6.23. The van der Waals surface area contributed by atoms with Crippen molar-refractivity contribution in [2.45, 2.75) is 39.2 Å². The van der Waals surface area contributed by atoms with Crippen LogP contribution >= 0.6 is 0 Å². The number of aromatic nitrogens is 1. The van der Waals surface area contributed by atoms with Gasteiger partial charge in [0.1, 0.15) is 5.82 Å². The molecule has 0 aromatic carbocycles. The standard InChI is InChI=1S/C21H33N5O2/c1-16(2)23-19(27)14-25-10-7-21(8-11-25)9-12-26(15-21)20(28)17-5-6-18(22-13-17)24(3)4/h5-6,13,16H,7-12,14-15H2,1-4H3,(H,23,27). The fourth-order valence-electron chi connectivity index (χ4n) is 4.23. The molecule has 0 aliphatic carbocycles. The first-order valence-corrected chi connectivity index (χ1v) is 10.2. The van der Waals surface area contributed by atoms with Gasteiger partial charge in [0.05, 0.1) is 12.1 Å². The number of carbonyl (C=O) groups is 2. The summed E-state index contributed by atoms with van der Waals surface area (Å²) in [4.78, 5) is 35.4. The van der Waals surface area contributed by atoms with Crippen LogP contribution in [0.5, 0.6) is 0 Å². The van der Waals surface area contributed by atoms with E-state index in [0.29, 0.717) is 12.1 Å².